The molecule has 1 unspecified atom stereocenters. The third kappa shape index (κ3) is 2.77. The zero-order valence-corrected chi connectivity index (χ0v) is 11.6. The number of thiocarbonyl (C=S) groups is 1. The van der Waals surface area contributed by atoms with Crippen LogP contribution in [0, 0.1) is 0 Å². The van der Waals surface area contributed by atoms with Crippen molar-refractivity contribution in [1.29, 1.82) is 0 Å². The van der Waals surface area contributed by atoms with Gasteiger partial charge in [-0.25, -0.2) is 0 Å². The molecule has 0 saturated carbocycles. The summed E-state index contributed by atoms with van der Waals surface area (Å²) in [6.45, 7) is 3.24. The van der Waals surface area contributed by atoms with E-state index >= 15 is 0 Å². The van der Waals surface area contributed by atoms with Gasteiger partial charge in [0, 0.05) is 12.6 Å². The summed E-state index contributed by atoms with van der Waals surface area (Å²) in [5.41, 5.74) is 6.63. The topological polar surface area (TPSA) is 55.0 Å². The molecule has 1 saturated heterocycles. The summed E-state index contributed by atoms with van der Waals surface area (Å²) >= 11 is 5.11. The van der Waals surface area contributed by atoms with E-state index < -0.39 is 0 Å². The number of hydrogen-bond acceptors (Lipinski definition) is 4. The van der Waals surface area contributed by atoms with Gasteiger partial charge in [-0.15, -0.1) is 5.10 Å². The largest absolute Gasteiger partial charge is 0.389 e. The molecule has 0 radical (unpaired) electrons. The van der Waals surface area contributed by atoms with Crippen molar-refractivity contribution in [2.45, 2.75) is 45.1 Å². The van der Waals surface area contributed by atoms with Crippen molar-refractivity contribution in [1.82, 2.24) is 10.2 Å². The van der Waals surface area contributed by atoms with Gasteiger partial charge in [0.25, 0.3) is 0 Å². The van der Waals surface area contributed by atoms with Gasteiger partial charge in [-0.1, -0.05) is 32.0 Å². The molecule has 1 aromatic rings. The zero-order valence-electron chi connectivity index (χ0n) is 10.8. The molecule has 0 spiro atoms. The molecule has 4 nitrogen and oxygen atoms in total. The molecule has 1 aliphatic rings. The molecule has 2 rings (SSSR count). The Bertz CT molecular complexity index is 421. The van der Waals surface area contributed by atoms with E-state index in [0.717, 1.165) is 24.3 Å². The quantitative estimate of drug-likeness (QED) is 0.849. The Labute approximate surface area is 114 Å². The molecule has 0 amide bonds. The summed E-state index contributed by atoms with van der Waals surface area (Å²) < 4.78 is 0. The molecule has 98 valence electrons. The minimum Gasteiger partial charge on any atom is -0.389 e. The molecule has 1 aromatic heterocycles. The highest BCUT2D eigenvalue weighted by molar-refractivity contribution is 7.80. The van der Waals surface area contributed by atoms with Gasteiger partial charge in [0.05, 0.1) is 11.8 Å². The Kier molecular flexibility index (Phi) is 4.47. The van der Waals surface area contributed by atoms with Crippen molar-refractivity contribution >= 4 is 23.0 Å². The number of hydrogen-bond donors (Lipinski definition) is 1. The van der Waals surface area contributed by atoms with E-state index in [0.29, 0.717) is 11.0 Å². The van der Waals surface area contributed by atoms with Gasteiger partial charge in [0.1, 0.15) is 4.99 Å². The summed E-state index contributed by atoms with van der Waals surface area (Å²) in [4.78, 5) is 2.74. The van der Waals surface area contributed by atoms with Crippen molar-refractivity contribution in [3.8, 4) is 0 Å². The first-order valence-corrected chi connectivity index (χ1v) is 7.03. The second-order valence-electron chi connectivity index (χ2n) is 4.74. The molecular formula is C13H20N4S. The normalized spacial score (nSPS) is 20.5. The van der Waals surface area contributed by atoms with Crippen LogP contribution >= 0.6 is 12.2 Å². The summed E-state index contributed by atoms with van der Waals surface area (Å²) in [5.74, 6) is 0.860. The first kappa shape index (κ1) is 13.2. The Morgan fingerprint density at radius 3 is 3.06 bits per heavy atom. The van der Waals surface area contributed by atoms with E-state index in [1.807, 2.05) is 6.07 Å². The van der Waals surface area contributed by atoms with Crippen LogP contribution in [0.1, 0.15) is 44.6 Å². The van der Waals surface area contributed by atoms with Crippen molar-refractivity contribution in [3.05, 3.63) is 17.8 Å². The molecule has 1 fully saturated rings. The van der Waals surface area contributed by atoms with Crippen LogP contribution in [0.25, 0.3) is 0 Å². The fraction of sp³-hybridized carbons (Fsp3) is 0.615. The third-order valence-electron chi connectivity index (χ3n) is 3.59. The lowest BCUT2D eigenvalue weighted by Crippen LogP contribution is -2.36. The Morgan fingerprint density at radius 2 is 2.33 bits per heavy atom. The van der Waals surface area contributed by atoms with E-state index in [1.165, 1.54) is 25.7 Å². The second-order valence-corrected chi connectivity index (χ2v) is 5.18. The average Bonchev–Trinajstić information content (AvgIpc) is 2.63. The van der Waals surface area contributed by atoms with Gasteiger partial charge >= 0.3 is 0 Å². The molecule has 0 aromatic carbocycles. The maximum atomic E-state index is 5.78. The van der Waals surface area contributed by atoms with Crippen molar-refractivity contribution in [2.24, 2.45) is 5.73 Å². The molecule has 1 atom stereocenters. The van der Waals surface area contributed by atoms with Gasteiger partial charge in [0.2, 0.25) is 0 Å². The standard InChI is InChI=1S/C13H20N4S/c1-2-10-6-4-3-5-9-17(10)13-11(12(14)18)7-8-15-16-13/h7-8,10H,2-6,9H2,1H3,(H2,14,18). The number of aromatic nitrogens is 2. The van der Waals surface area contributed by atoms with E-state index in [9.17, 15) is 0 Å². The molecule has 0 aliphatic carbocycles. The highest BCUT2D eigenvalue weighted by atomic mass is 32.1. The number of anilines is 1. The van der Waals surface area contributed by atoms with Gasteiger partial charge in [-0.05, 0) is 25.3 Å². The maximum Gasteiger partial charge on any atom is 0.161 e. The summed E-state index contributed by atoms with van der Waals surface area (Å²) in [5, 5.41) is 8.27. The fourth-order valence-corrected chi connectivity index (χ4v) is 2.77. The molecule has 18 heavy (non-hydrogen) atoms. The lowest BCUT2D eigenvalue weighted by Gasteiger charge is -2.31. The molecule has 2 heterocycles. The SMILES string of the molecule is CCC1CCCCCN1c1nnccc1C(N)=S. The predicted octanol–water partition coefficient (Wildman–Crippen LogP) is 2.27. The molecule has 0 bridgehead atoms. The highest BCUT2D eigenvalue weighted by Gasteiger charge is 2.23. The molecular weight excluding hydrogens is 244 g/mol. The van der Waals surface area contributed by atoms with Crippen LogP contribution in [-0.4, -0.2) is 27.8 Å². The maximum absolute atomic E-state index is 5.78. The monoisotopic (exact) mass is 264 g/mol. The Hall–Kier alpha value is -1.23. The number of rotatable bonds is 3. The Morgan fingerprint density at radius 1 is 1.50 bits per heavy atom. The lowest BCUT2D eigenvalue weighted by molar-refractivity contribution is 0.550. The van der Waals surface area contributed by atoms with E-state index in [-0.39, 0.29) is 0 Å². The molecule has 5 heteroatoms. The summed E-state index contributed by atoms with van der Waals surface area (Å²) in [6.07, 6.45) is 7.76. The molecule has 1 aliphatic heterocycles. The van der Waals surface area contributed by atoms with E-state index in [2.05, 4.69) is 22.0 Å². The minimum atomic E-state index is 0.402. The van der Waals surface area contributed by atoms with Crippen molar-refractivity contribution in [3.63, 3.8) is 0 Å². The first-order valence-electron chi connectivity index (χ1n) is 6.62. The van der Waals surface area contributed by atoms with Crippen LogP contribution in [-0.2, 0) is 0 Å². The van der Waals surface area contributed by atoms with Crippen LogP contribution in [0.5, 0.6) is 0 Å². The number of nitrogens with two attached hydrogens (primary N) is 1. The highest BCUT2D eigenvalue weighted by Crippen LogP contribution is 2.26. The van der Waals surface area contributed by atoms with Gasteiger partial charge < -0.3 is 10.6 Å². The van der Waals surface area contributed by atoms with Gasteiger partial charge in [-0.2, -0.15) is 5.10 Å². The Balaban J connectivity index is 2.35. The van der Waals surface area contributed by atoms with Crippen LogP contribution in [0.3, 0.4) is 0 Å². The predicted molar refractivity (Wildman–Crippen MR) is 77.8 cm³/mol. The van der Waals surface area contributed by atoms with Crippen LogP contribution < -0.4 is 10.6 Å². The first-order chi connectivity index (χ1) is 8.74. The van der Waals surface area contributed by atoms with Gasteiger partial charge in [0.15, 0.2) is 5.82 Å². The van der Waals surface area contributed by atoms with Crippen molar-refractivity contribution < 1.29 is 0 Å². The van der Waals surface area contributed by atoms with Crippen molar-refractivity contribution in [2.75, 3.05) is 11.4 Å². The summed E-state index contributed by atoms with van der Waals surface area (Å²) in [7, 11) is 0. The minimum absolute atomic E-state index is 0.402. The van der Waals surface area contributed by atoms with Crippen LogP contribution in [0.4, 0.5) is 5.82 Å². The third-order valence-corrected chi connectivity index (χ3v) is 3.81. The van der Waals surface area contributed by atoms with Crippen LogP contribution in [0.15, 0.2) is 12.3 Å². The molecule has 2 N–H and O–H groups in total. The lowest BCUT2D eigenvalue weighted by atomic mass is 10.1. The average molecular weight is 264 g/mol. The zero-order chi connectivity index (χ0) is 13.0. The smallest absolute Gasteiger partial charge is 0.161 e. The van der Waals surface area contributed by atoms with Gasteiger partial charge in [-0.3, -0.25) is 0 Å². The summed E-state index contributed by atoms with van der Waals surface area (Å²) in [6, 6.07) is 2.39. The second kappa shape index (κ2) is 6.09. The fourth-order valence-electron chi connectivity index (χ4n) is 2.61. The van der Waals surface area contributed by atoms with E-state index in [4.69, 9.17) is 18.0 Å². The number of nitrogens with zero attached hydrogens (tertiary/aromatic N) is 3. The van der Waals surface area contributed by atoms with E-state index in [1.54, 1.807) is 6.20 Å². The van der Waals surface area contributed by atoms with Crippen LogP contribution in [0.2, 0.25) is 0 Å².